The van der Waals surface area contributed by atoms with Crippen molar-refractivity contribution in [1.29, 1.82) is 0 Å². The lowest BCUT2D eigenvalue weighted by Crippen LogP contribution is -2.12. The van der Waals surface area contributed by atoms with Gasteiger partial charge in [0, 0.05) is 20.1 Å². The first-order valence-electron chi connectivity index (χ1n) is 7.94. The van der Waals surface area contributed by atoms with Crippen LogP contribution in [0.4, 0.5) is 5.69 Å². The predicted molar refractivity (Wildman–Crippen MR) is 114 cm³/mol. The first kappa shape index (κ1) is 17.9. The molecule has 2 heterocycles. The number of fused-ring (bicyclic) bond motifs is 1. The monoisotopic (exact) mass is 457 g/mol. The van der Waals surface area contributed by atoms with Gasteiger partial charge in [-0.15, -0.1) is 22.7 Å². The average molecular weight is 458 g/mol. The first-order chi connectivity index (χ1) is 13.0. The molecule has 0 saturated carbocycles. The molecule has 2 N–H and O–H groups in total. The van der Waals surface area contributed by atoms with E-state index >= 15 is 0 Å². The Morgan fingerprint density at radius 2 is 1.78 bits per heavy atom. The molecule has 4 aromatic rings. The van der Waals surface area contributed by atoms with Crippen LogP contribution in [0, 0.1) is 0 Å². The molecule has 4 nitrogen and oxygen atoms in total. The van der Waals surface area contributed by atoms with E-state index in [-0.39, 0.29) is 11.5 Å². The van der Waals surface area contributed by atoms with Gasteiger partial charge in [-0.2, -0.15) is 0 Å². The second-order valence-electron chi connectivity index (χ2n) is 5.74. The maximum absolute atomic E-state index is 12.7. The van der Waals surface area contributed by atoms with Crippen LogP contribution in [0.5, 0.6) is 0 Å². The van der Waals surface area contributed by atoms with Crippen molar-refractivity contribution in [1.82, 2.24) is 0 Å². The van der Waals surface area contributed by atoms with Crippen LogP contribution in [-0.4, -0.2) is 17.0 Å². The molecule has 0 bridgehead atoms. The molecular formula is C20H12BrNO3S2. The van der Waals surface area contributed by atoms with Gasteiger partial charge in [0.1, 0.15) is 5.56 Å². The fraction of sp³-hybridized carbons (Fsp3) is 0. The van der Waals surface area contributed by atoms with Gasteiger partial charge in [0.25, 0.3) is 5.91 Å². The summed E-state index contributed by atoms with van der Waals surface area (Å²) >= 11 is 6.13. The van der Waals surface area contributed by atoms with Crippen molar-refractivity contribution in [3.8, 4) is 10.4 Å². The van der Waals surface area contributed by atoms with E-state index in [0.29, 0.717) is 15.4 Å². The third kappa shape index (κ3) is 3.41. The number of benzene rings is 2. The summed E-state index contributed by atoms with van der Waals surface area (Å²) < 4.78 is 1.82. The van der Waals surface area contributed by atoms with Gasteiger partial charge in [-0.25, -0.2) is 4.79 Å². The number of hydrogen-bond donors (Lipinski definition) is 2. The van der Waals surface area contributed by atoms with Crippen LogP contribution < -0.4 is 5.32 Å². The van der Waals surface area contributed by atoms with E-state index in [1.165, 1.54) is 22.7 Å². The molecule has 1 amide bonds. The molecule has 0 atom stereocenters. The van der Waals surface area contributed by atoms with Crippen molar-refractivity contribution in [2.45, 2.75) is 0 Å². The molecule has 0 unspecified atom stereocenters. The van der Waals surface area contributed by atoms with E-state index in [2.05, 4.69) is 21.2 Å². The fourth-order valence-corrected chi connectivity index (χ4v) is 5.39. The van der Waals surface area contributed by atoms with Gasteiger partial charge in [-0.3, -0.25) is 4.79 Å². The Morgan fingerprint density at radius 3 is 2.52 bits per heavy atom. The third-order valence-electron chi connectivity index (χ3n) is 4.02. The molecule has 0 aliphatic heterocycles. The lowest BCUT2D eigenvalue weighted by Gasteiger charge is -2.06. The molecule has 2 aromatic carbocycles. The van der Waals surface area contributed by atoms with Crippen molar-refractivity contribution in [3.05, 3.63) is 74.9 Å². The van der Waals surface area contributed by atoms with Gasteiger partial charge in [0.2, 0.25) is 0 Å². The molecule has 4 rings (SSSR count). The summed E-state index contributed by atoms with van der Waals surface area (Å²) in [6.07, 6.45) is 0. The summed E-state index contributed by atoms with van der Waals surface area (Å²) in [6, 6.07) is 17.0. The Balaban J connectivity index is 1.71. The van der Waals surface area contributed by atoms with Crippen molar-refractivity contribution in [3.63, 3.8) is 0 Å². The number of anilines is 1. The zero-order valence-electron chi connectivity index (χ0n) is 13.7. The summed E-state index contributed by atoms with van der Waals surface area (Å²) in [7, 11) is 0. The maximum atomic E-state index is 12.7. The van der Waals surface area contributed by atoms with Crippen molar-refractivity contribution < 1.29 is 14.7 Å². The number of carboxylic acids is 1. The number of amides is 1. The van der Waals surface area contributed by atoms with Gasteiger partial charge >= 0.3 is 5.97 Å². The Kier molecular flexibility index (Phi) is 4.82. The molecule has 27 heavy (non-hydrogen) atoms. The number of aromatic carboxylic acids is 1. The maximum Gasteiger partial charge on any atom is 0.339 e. The highest BCUT2D eigenvalue weighted by Gasteiger charge is 2.23. The Labute approximate surface area is 171 Å². The summed E-state index contributed by atoms with van der Waals surface area (Å²) in [5, 5.41) is 15.2. The Morgan fingerprint density at radius 1 is 1.04 bits per heavy atom. The number of carboxylic acid groups (broad SMARTS) is 1. The number of hydrogen-bond acceptors (Lipinski definition) is 4. The zero-order valence-corrected chi connectivity index (χ0v) is 17.0. The fourth-order valence-electron chi connectivity index (χ4n) is 2.78. The Hall–Kier alpha value is -2.48. The lowest BCUT2D eigenvalue weighted by molar-refractivity contribution is 0.0699. The second kappa shape index (κ2) is 7.26. The summed E-state index contributed by atoms with van der Waals surface area (Å²) in [4.78, 5) is 25.7. The van der Waals surface area contributed by atoms with Gasteiger partial charge < -0.3 is 10.4 Å². The minimum absolute atomic E-state index is 0.0985. The van der Waals surface area contributed by atoms with Gasteiger partial charge in [-0.05, 0) is 23.6 Å². The minimum Gasteiger partial charge on any atom is -0.478 e. The number of rotatable bonds is 4. The average Bonchev–Trinajstić information content (AvgIpc) is 3.26. The predicted octanol–water partition coefficient (Wildman–Crippen LogP) is 6.34. The quantitative estimate of drug-likeness (QED) is 0.375. The van der Waals surface area contributed by atoms with Crippen molar-refractivity contribution in [2.75, 3.05) is 5.32 Å². The number of thiophene rings is 2. The smallest absolute Gasteiger partial charge is 0.339 e. The van der Waals surface area contributed by atoms with Crippen LogP contribution in [-0.2, 0) is 0 Å². The molecule has 0 aliphatic carbocycles. The van der Waals surface area contributed by atoms with Crippen LogP contribution in [0.1, 0.15) is 20.0 Å². The zero-order chi connectivity index (χ0) is 19.0. The number of carbonyl (C=O) groups excluding carboxylic acids is 1. The molecule has 134 valence electrons. The van der Waals surface area contributed by atoms with E-state index in [4.69, 9.17) is 0 Å². The molecular weight excluding hydrogens is 446 g/mol. The number of nitrogens with one attached hydrogen (secondary N) is 1. The summed E-state index contributed by atoms with van der Waals surface area (Å²) in [5.41, 5.74) is 1.18. The number of halogens is 1. The standard InChI is InChI=1S/C20H12BrNO3S2/c21-13-7-3-2-6-12(13)18-17(20(24)25)14(10-26-18)22-19(23)16-9-11-5-1-4-8-15(11)27-16/h1-10H,(H,22,23)(H,24,25). The first-order valence-corrected chi connectivity index (χ1v) is 10.4. The van der Waals surface area contributed by atoms with E-state index < -0.39 is 5.97 Å². The van der Waals surface area contributed by atoms with Crippen LogP contribution in [0.15, 0.2) is 64.5 Å². The highest BCUT2D eigenvalue weighted by atomic mass is 79.9. The van der Waals surface area contributed by atoms with Gasteiger partial charge in [-0.1, -0.05) is 52.3 Å². The van der Waals surface area contributed by atoms with Crippen LogP contribution in [0.3, 0.4) is 0 Å². The Bertz CT molecular complexity index is 1150. The molecule has 0 saturated heterocycles. The molecule has 2 aromatic heterocycles. The second-order valence-corrected chi connectivity index (χ2v) is 8.56. The van der Waals surface area contributed by atoms with Crippen molar-refractivity contribution >= 4 is 66.3 Å². The highest BCUT2D eigenvalue weighted by molar-refractivity contribution is 9.10. The minimum atomic E-state index is -1.08. The molecule has 7 heteroatoms. The summed E-state index contributed by atoms with van der Waals surface area (Å²) in [6.45, 7) is 0. The van der Waals surface area contributed by atoms with Gasteiger partial charge in [0.05, 0.1) is 15.4 Å². The molecule has 0 spiro atoms. The summed E-state index contributed by atoms with van der Waals surface area (Å²) in [5.74, 6) is -1.39. The van der Waals surface area contributed by atoms with Crippen LogP contribution in [0.2, 0.25) is 0 Å². The highest BCUT2D eigenvalue weighted by Crippen LogP contribution is 2.39. The third-order valence-corrected chi connectivity index (χ3v) is 6.84. The lowest BCUT2D eigenvalue weighted by atomic mass is 10.1. The van der Waals surface area contributed by atoms with Crippen LogP contribution in [0.25, 0.3) is 20.5 Å². The van der Waals surface area contributed by atoms with E-state index in [1.54, 1.807) is 5.38 Å². The molecule has 0 aliphatic rings. The molecule has 0 fully saturated rings. The largest absolute Gasteiger partial charge is 0.478 e. The van der Waals surface area contributed by atoms with E-state index in [9.17, 15) is 14.7 Å². The van der Waals surface area contributed by atoms with Gasteiger partial charge in [0.15, 0.2) is 0 Å². The topological polar surface area (TPSA) is 66.4 Å². The molecule has 0 radical (unpaired) electrons. The van der Waals surface area contributed by atoms with E-state index in [1.807, 2.05) is 54.6 Å². The van der Waals surface area contributed by atoms with E-state index in [0.717, 1.165) is 20.1 Å². The van der Waals surface area contributed by atoms with Crippen LogP contribution >= 0.6 is 38.6 Å². The SMILES string of the molecule is O=C(Nc1csc(-c2ccccc2Br)c1C(=O)O)c1cc2ccccc2s1. The number of carbonyl (C=O) groups is 2. The van der Waals surface area contributed by atoms with Crippen molar-refractivity contribution in [2.24, 2.45) is 0 Å². The normalized spacial score (nSPS) is 10.9.